The maximum absolute atomic E-state index is 11.0. The van der Waals surface area contributed by atoms with Crippen LogP contribution in [0.4, 0.5) is 0 Å². The Kier molecular flexibility index (Phi) is 9.68. The minimum Gasteiger partial charge on any atom is -0.388 e. The van der Waals surface area contributed by atoms with Crippen LogP contribution in [0.2, 0.25) is 0 Å². The Morgan fingerprint density at radius 1 is 0.840 bits per heavy atom. The van der Waals surface area contributed by atoms with E-state index in [1.54, 1.807) is 0 Å². The molecule has 3 heterocycles. The monoisotopic (exact) mass is 699 g/mol. The summed E-state index contributed by atoms with van der Waals surface area (Å²) in [5.74, 6) is 3.04. The van der Waals surface area contributed by atoms with Gasteiger partial charge in [0.15, 0.2) is 6.29 Å². The molecule has 9 rings (SSSR count). The summed E-state index contributed by atoms with van der Waals surface area (Å²) in [4.78, 5) is 5.41. The van der Waals surface area contributed by atoms with Crippen molar-refractivity contribution >= 4 is 0 Å². The molecule has 1 N–H and O–H groups in total. The van der Waals surface area contributed by atoms with Crippen molar-refractivity contribution in [3.63, 3.8) is 0 Å². The molecule has 7 unspecified atom stereocenters. The van der Waals surface area contributed by atoms with Crippen molar-refractivity contribution in [2.75, 3.05) is 39.4 Å². The van der Waals surface area contributed by atoms with E-state index in [4.69, 9.17) is 18.9 Å². The van der Waals surface area contributed by atoms with Gasteiger partial charge in [-0.15, -0.1) is 0 Å². The first-order valence-corrected chi connectivity index (χ1v) is 21.6. The van der Waals surface area contributed by atoms with Gasteiger partial charge in [0.2, 0.25) is 0 Å². The Hall–Kier alpha value is -0.280. The highest BCUT2D eigenvalue weighted by atomic mass is 16.7. The fraction of sp³-hybridized carbons (Fsp3) is 1.00. The number of hydrogen-bond acceptors (Lipinski definition) is 7. The van der Waals surface area contributed by atoms with Crippen LogP contribution < -0.4 is 0 Å². The van der Waals surface area contributed by atoms with Crippen LogP contribution >= 0.6 is 0 Å². The van der Waals surface area contributed by atoms with Gasteiger partial charge in [0.25, 0.3) is 0 Å². The maximum Gasteiger partial charge on any atom is 0.170 e. The van der Waals surface area contributed by atoms with Crippen molar-refractivity contribution in [1.29, 1.82) is 0 Å². The molecule has 0 radical (unpaired) electrons. The summed E-state index contributed by atoms with van der Waals surface area (Å²) in [7, 11) is 0. The number of hydrogen-bond donors (Lipinski definition) is 1. The van der Waals surface area contributed by atoms with Gasteiger partial charge in [-0.1, -0.05) is 41.0 Å². The van der Waals surface area contributed by atoms with Crippen LogP contribution in [0.1, 0.15) is 139 Å². The predicted octanol–water partition coefficient (Wildman–Crippen LogP) is 7.68. The third-order valence-corrected chi connectivity index (χ3v) is 17.3. The quantitative estimate of drug-likeness (QED) is 0.279. The number of likely N-dealkylation sites (tertiary alicyclic amines) is 1. The van der Waals surface area contributed by atoms with E-state index >= 15 is 0 Å². The summed E-state index contributed by atoms with van der Waals surface area (Å²) >= 11 is 0. The molecule has 3 saturated heterocycles. The van der Waals surface area contributed by atoms with Gasteiger partial charge in [0.1, 0.15) is 6.10 Å². The predicted molar refractivity (Wildman–Crippen MR) is 198 cm³/mol. The zero-order valence-electron chi connectivity index (χ0n) is 33.3. The second-order valence-electron chi connectivity index (χ2n) is 20.0. The van der Waals surface area contributed by atoms with Gasteiger partial charge in [0, 0.05) is 44.9 Å². The lowest BCUT2D eigenvalue weighted by Crippen LogP contribution is -2.66. The van der Waals surface area contributed by atoms with Crippen LogP contribution in [0.3, 0.4) is 0 Å². The third-order valence-electron chi connectivity index (χ3n) is 17.3. The van der Waals surface area contributed by atoms with Gasteiger partial charge in [-0.3, -0.25) is 9.80 Å². The van der Waals surface area contributed by atoms with E-state index in [-0.39, 0.29) is 23.9 Å². The average molecular weight is 699 g/mol. The highest BCUT2D eigenvalue weighted by Crippen LogP contribution is 2.87. The first-order chi connectivity index (χ1) is 23.9. The maximum atomic E-state index is 11.0. The van der Waals surface area contributed by atoms with Crippen molar-refractivity contribution in [2.45, 2.75) is 187 Å². The van der Waals surface area contributed by atoms with Gasteiger partial charge in [-0.25, -0.2) is 0 Å². The zero-order chi connectivity index (χ0) is 35.3. The molecule has 6 saturated carbocycles. The van der Waals surface area contributed by atoms with Crippen LogP contribution in [0.15, 0.2) is 0 Å². The number of ether oxygens (including phenoxy) is 4. The minimum absolute atomic E-state index is 0.000961. The molecule has 0 aromatic carbocycles. The van der Waals surface area contributed by atoms with Crippen LogP contribution in [-0.4, -0.2) is 103 Å². The summed E-state index contributed by atoms with van der Waals surface area (Å²) < 4.78 is 26.5. The number of morpholine rings is 1. The Morgan fingerprint density at radius 3 is 2.30 bits per heavy atom. The number of aliphatic hydroxyl groups is 1. The molecular formula is C43H74N2O5. The average Bonchev–Trinajstić information content (AvgIpc) is 3.62. The van der Waals surface area contributed by atoms with E-state index in [1.807, 2.05) is 34.6 Å². The molecule has 12 atom stereocenters. The normalized spacial score (nSPS) is 47.9. The second-order valence-corrected chi connectivity index (χ2v) is 20.0. The Balaban J connectivity index is 0.00000177. The van der Waals surface area contributed by atoms with Gasteiger partial charge in [-0.05, 0) is 143 Å². The molecule has 0 amide bonds. The standard InChI is InChI=1S/C41H68N2O5.C2H6/c1-7-45-36(38(4,5)44)31-13-11-29-32(47-31)21-30-28-12-14-33-37(2,3)34(15-16-41(33)25-40(28,41)18-17-39(29,30)6)48-35-24-42(19-20-46-35)27-22-43(23-27)26-9-8-10-26;1-2/h26-36,44H,7-25H2,1-6H3;1-2H3/t28?,29?,30?,31?,32?,33?,34-,35?,36-,39+,40-,41+;/m0./s1. The van der Waals surface area contributed by atoms with E-state index in [2.05, 4.69) is 30.6 Å². The molecule has 50 heavy (non-hydrogen) atoms. The van der Waals surface area contributed by atoms with E-state index in [0.717, 1.165) is 49.9 Å². The van der Waals surface area contributed by atoms with Crippen LogP contribution in [-0.2, 0) is 18.9 Å². The molecule has 7 nitrogen and oxygen atoms in total. The molecule has 7 heteroatoms. The van der Waals surface area contributed by atoms with Gasteiger partial charge in [-0.2, -0.15) is 0 Å². The van der Waals surface area contributed by atoms with Gasteiger partial charge < -0.3 is 24.1 Å². The highest BCUT2D eigenvalue weighted by Gasteiger charge is 2.80. The topological polar surface area (TPSA) is 63.6 Å². The number of fused-ring (bicyclic) bond motifs is 4. The summed E-state index contributed by atoms with van der Waals surface area (Å²) in [6.45, 7) is 23.6. The van der Waals surface area contributed by atoms with Crippen molar-refractivity contribution in [3.05, 3.63) is 0 Å². The summed E-state index contributed by atoms with van der Waals surface area (Å²) in [6.07, 6.45) is 17.6. The molecule has 9 aliphatic rings. The van der Waals surface area contributed by atoms with Gasteiger partial charge in [0.05, 0.1) is 30.5 Å². The zero-order valence-corrected chi connectivity index (χ0v) is 33.3. The SMILES string of the molecule is CC.CCO[C@@H](C1CCC2C(CC3C4CCC5C(C)(C)[C@@H](OC6CN(C7CN(C8CCC8)C7)CCO6)CC[C@@]56C[C@@]46CC[C@]23C)O1)C(C)(C)O. The minimum atomic E-state index is -0.892. The lowest BCUT2D eigenvalue weighted by molar-refractivity contribution is -0.251. The number of rotatable bonds is 8. The molecule has 9 fully saturated rings. The molecule has 0 aromatic heterocycles. The first-order valence-electron chi connectivity index (χ1n) is 21.6. The third kappa shape index (κ3) is 5.57. The summed E-state index contributed by atoms with van der Waals surface area (Å²) in [6, 6.07) is 1.57. The summed E-state index contributed by atoms with van der Waals surface area (Å²) in [5, 5.41) is 11.0. The van der Waals surface area contributed by atoms with Crippen LogP contribution in [0.5, 0.6) is 0 Å². The Morgan fingerprint density at radius 2 is 1.60 bits per heavy atom. The largest absolute Gasteiger partial charge is 0.388 e. The molecule has 0 bridgehead atoms. The molecular weight excluding hydrogens is 624 g/mol. The Labute approximate surface area is 305 Å². The Bertz CT molecular complexity index is 1210. The second kappa shape index (κ2) is 13.2. The summed E-state index contributed by atoms with van der Waals surface area (Å²) in [5.41, 5.74) is 0.756. The molecule has 286 valence electrons. The van der Waals surface area contributed by atoms with Gasteiger partial charge >= 0.3 is 0 Å². The molecule has 6 aliphatic carbocycles. The number of nitrogens with zero attached hydrogens (tertiary/aromatic N) is 2. The lowest BCUT2D eigenvalue weighted by Gasteiger charge is -2.60. The van der Waals surface area contributed by atoms with Crippen LogP contribution in [0, 0.1) is 45.3 Å². The van der Waals surface area contributed by atoms with E-state index in [9.17, 15) is 5.11 Å². The fourth-order valence-electron chi connectivity index (χ4n) is 14.7. The molecule has 0 aromatic rings. The van der Waals surface area contributed by atoms with Crippen molar-refractivity contribution in [3.8, 4) is 0 Å². The van der Waals surface area contributed by atoms with E-state index in [1.165, 1.54) is 90.1 Å². The van der Waals surface area contributed by atoms with Crippen molar-refractivity contribution < 1.29 is 24.1 Å². The molecule has 3 aliphatic heterocycles. The van der Waals surface area contributed by atoms with E-state index in [0.29, 0.717) is 47.0 Å². The van der Waals surface area contributed by atoms with Crippen molar-refractivity contribution in [1.82, 2.24) is 9.80 Å². The van der Waals surface area contributed by atoms with Crippen LogP contribution in [0.25, 0.3) is 0 Å². The smallest absolute Gasteiger partial charge is 0.170 e. The lowest BCUT2D eigenvalue weighted by atomic mass is 9.46. The fourth-order valence-corrected chi connectivity index (χ4v) is 14.7. The highest BCUT2D eigenvalue weighted by molar-refractivity contribution is 5.29. The molecule has 2 spiro atoms. The van der Waals surface area contributed by atoms with Crippen molar-refractivity contribution in [2.24, 2.45) is 45.3 Å². The first kappa shape index (κ1) is 36.7. The van der Waals surface area contributed by atoms with E-state index < -0.39 is 5.60 Å².